The molecule has 182 valence electrons. The third kappa shape index (κ3) is 5.21. The first kappa shape index (κ1) is 23.8. The number of carbonyl (C=O) groups excluding carboxylic acids is 1. The van der Waals surface area contributed by atoms with E-state index in [4.69, 9.17) is 22.1 Å². The van der Waals surface area contributed by atoms with E-state index in [2.05, 4.69) is 26.5 Å². The molecule has 35 heavy (non-hydrogen) atoms. The van der Waals surface area contributed by atoms with Gasteiger partial charge < -0.3 is 15.6 Å². The van der Waals surface area contributed by atoms with Crippen molar-refractivity contribution in [3.05, 3.63) is 75.9 Å². The maximum atomic E-state index is 11.8. The summed E-state index contributed by atoms with van der Waals surface area (Å²) in [6, 6.07) is 13.6. The number of fused-ring (bicyclic) bond motifs is 1. The highest BCUT2D eigenvalue weighted by Crippen LogP contribution is 2.39. The lowest BCUT2D eigenvalue weighted by atomic mass is 10.1. The van der Waals surface area contributed by atoms with Gasteiger partial charge in [-0.1, -0.05) is 35.9 Å². The van der Waals surface area contributed by atoms with Crippen molar-refractivity contribution in [1.82, 2.24) is 14.3 Å². The minimum absolute atomic E-state index is 0.0918. The van der Waals surface area contributed by atoms with Crippen LogP contribution in [0.15, 0.2) is 54.9 Å². The molecule has 1 aliphatic heterocycles. The number of ether oxygens (including phenoxy) is 1. The average molecular weight is 511 g/mol. The van der Waals surface area contributed by atoms with E-state index in [0.717, 1.165) is 51.7 Å². The number of hydrogen-bond acceptors (Lipinski definition) is 6. The molecule has 9 heteroatoms. The highest BCUT2D eigenvalue weighted by molar-refractivity contribution is 7.15. The number of thiophene rings is 1. The van der Waals surface area contributed by atoms with Gasteiger partial charge in [0.1, 0.15) is 17.5 Å². The molecule has 0 spiro atoms. The van der Waals surface area contributed by atoms with Crippen molar-refractivity contribution in [3.63, 3.8) is 0 Å². The Balaban J connectivity index is 1.46. The van der Waals surface area contributed by atoms with Crippen molar-refractivity contribution in [2.45, 2.75) is 38.5 Å². The topological polar surface area (TPSA) is 93.1 Å². The quantitative estimate of drug-likeness (QED) is 0.365. The number of hydrogen-bond donors (Lipinski definition) is 2. The number of aliphatic hydroxyl groups excluding tert-OH is 1. The Labute approximate surface area is 212 Å². The number of aliphatic hydroxyl groups is 1. The van der Waals surface area contributed by atoms with Crippen LogP contribution in [0, 0.1) is 0 Å². The Morgan fingerprint density at radius 2 is 2.17 bits per heavy atom. The summed E-state index contributed by atoms with van der Waals surface area (Å²) in [5.41, 5.74) is 9.30. The molecule has 1 aliphatic rings. The second-order valence-electron chi connectivity index (χ2n) is 8.91. The van der Waals surface area contributed by atoms with Crippen LogP contribution in [-0.2, 0) is 17.8 Å². The van der Waals surface area contributed by atoms with E-state index in [9.17, 15) is 9.90 Å². The fraction of sp³-hybridized carbons (Fsp3) is 0.308. The Hall–Kier alpha value is -2.91. The van der Waals surface area contributed by atoms with Gasteiger partial charge in [-0.3, -0.25) is 14.1 Å². The van der Waals surface area contributed by atoms with E-state index >= 15 is 0 Å². The molecule has 0 bridgehead atoms. The van der Waals surface area contributed by atoms with Gasteiger partial charge in [0.15, 0.2) is 0 Å². The number of nitrogens with two attached hydrogens (primary N) is 1. The summed E-state index contributed by atoms with van der Waals surface area (Å²) in [7, 11) is 0. The summed E-state index contributed by atoms with van der Waals surface area (Å²) in [6.07, 6.45) is 4.27. The second kappa shape index (κ2) is 9.99. The molecule has 5 rings (SSSR count). The summed E-state index contributed by atoms with van der Waals surface area (Å²) < 4.78 is 8.34. The lowest BCUT2D eigenvalue weighted by molar-refractivity contribution is -0.117. The van der Waals surface area contributed by atoms with E-state index in [1.807, 2.05) is 49.5 Å². The third-order valence-electron chi connectivity index (χ3n) is 6.22. The van der Waals surface area contributed by atoms with E-state index in [-0.39, 0.29) is 18.6 Å². The van der Waals surface area contributed by atoms with Crippen LogP contribution in [-0.4, -0.2) is 44.5 Å². The second-order valence-corrected chi connectivity index (χ2v) is 10.5. The molecular weight excluding hydrogens is 484 g/mol. The molecule has 2 atom stereocenters. The molecule has 1 fully saturated rings. The molecule has 0 aliphatic carbocycles. The normalized spacial score (nSPS) is 17.2. The Morgan fingerprint density at radius 1 is 1.34 bits per heavy atom. The zero-order valence-electron chi connectivity index (χ0n) is 19.4. The van der Waals surface area contributed by atoms with Crippen LogP contribution in [0.3, 0.4) is 0 Å². The largest absolute Gasteiger partial charge is 0.485 e. The first-order valence-corrected chi connectivity index (χ1v) is 12.8. The van der Waals surface area contributed by atoms with Gasteiger partial charge in [0.05, 0.1) is 34.2 Å². The first-order chi connectivity index (χ1) is 16.9. The molecule has 1 unspecified atom stereocenters. The zero-order chi connectivity index (χ0) is 24.5. The number of benzene rings is 1. The molecule has 1 amide bonds. The Bertz CT molecular complexity index is 1370. The van der Waals surface area contributed by atoms with Crippen molar-refractivity contribution < 1.29 is 14.6 Å². The molecule has 1 aromatic carbocycles. The van der Waals surface area contributed by atoms with Gasteiger partial charge >= 0.3 is 0 Å². The van der Waals surface area contributed by atoms with Crippen LogP contribution in [0.1, 0.15) is 35.5 Å². The predicted octanol–water partition coefficient (Wildman–Crippen LogP) is 4.45. The van der Waals surface area contributed by atoms with Gasteiger partial charge in [0, 0.05) is 42.5 Å². The summed E-state index contributed by atoms with van der Waals surface area (Å²) >= 11 is 7.84. The summed E-state index contributed by atoms with van der Waals surface area (Å²) in [4.78, 5) is 20.3. The van der Waals surface area contributed by atoms with Crippen LogP contribution in [0.4, 0.5) is 0 Å². The SMILES string of the molecule is CC(Oc1cc(-c2cnc3ccc(CN4CC[C@H](O)C4)cn23)sc1CC(N)=O)c1ccccc1Cl. The molecule has 1 saturated heterocycles. The number of amides is 1. The monoisotopic (exact) mass is 510 g/mol. The fourth-order valence-corrected chi connectivity index (χ4v) is 5.89. The fourth-order valence-electron chi connectivity index (χ4n) is 4.49. The molecule has 4 heterocycles. The first-order valence-electron chi connectivity index (χ1n) is 11.6. The smallest absolute Gasteiger partial charge is 0.222 e. The zero-order valence-corrected chi connectivity index (χ0v) is 20.9. The van der Waals surface area contributed by atoms with Crippen molar-refractivity contribution in [3.8, 4) is 16.3 Å². The highest BCUT2D eigenvalue weighted by atomic mass is 35.5. The van der Waals surface area contributed by atoms with Crippen LogP contribution in [0.5, 0.6) is 5.75 Å². The predicted molar refractivity (Wildman–Crippen MR) is 138 cm³/mol. The number of halogens is 1. The maximum absolute atomic E-state index is 11.8. The van der Waals surface area contributed by atoms with Crippen molar-refractivity contribution in [2.75, 3.05) is 13.1 Å². The maximum Gasteiger partial charge on any atom is 0.222 e. The summed E-state index contributed by atoms with van der Waals surface area (Å²) in [5, 5.41) is 10.5. The number of pyridine rings is 1. The minimum Gasteiger partial charge on any atom is -0.485 e. The van der Waals surface area contributed by atoms with Crippen molar-refractivity contribution in [1.29, 1.82) is 0 Å². The molecule has 0 saturated carbocycles. The molecule has 7 nitrogen and oxygen atoms in total. The van der Waals surface area contributed by atoms with Gasteiger partial charge in [0.2, 0.25) is 5.91 Å². The molecule has 4 aromatic rings. The number of likely N-dealkylation sites (tertiary alicyclic amines) is 1. The number of carbonyl (C=O) groups is 1. The van der Waals surface area contributed by atoms with Gasteiger partial charge in [0.25, 0.3) is 0 Å². The molecule has 0 radical (unpaired) electrons. The number of rotatable bonds is 8. The van der Waals surface area contributed by atoms with Crippen LogP contribution < -0.4 is 10.5 Å². The lowest BCUT2D eigenvalue weighted by Gasteiger charge is -2.16. The van der Waals surface area contributed by atoms with E-state index in [1.54, 1.807) is 0 Å². The summed E-state index contributed by atoms with van der Waals surface area (Å²) in [5.74, 6) is 0.204. The van der Waals surface area contributed by atoms with E-state index in [0.29, 0.717) is 17.3 Å². The number of β-amino-alcohol motifs (C(OH)–C–C–N with tert-alkyl or cyclic N) is 1. The highest BCUT2D eigenvalue weighted by Gasteiger charge is 2.22. The van der Waals surface area contributed by atoms with Crippen LogP contribution in [0.2, 0.25) is 5.02 Å². The van der Waals surface area contributed by atoms with Crippen LogP contribution >= 0.6 is 22.9 Å². The average Bonchev–Trinajstić information content (AvgIpc) is 3.52. The van der Waals surface area contributed by atoms with Crippen molar-refractivity contribution in [2.24, 2.45) is 5.73 Å². The van der Waals surface area contributed by atoms with Crippen molar-refractivity contribution >= 4 is 34.5 Å². The molecule has 3 aromatic heterocycles. The van der Waals surface area contributed by atoms with E-state index in [1.165, 1.54) is 11.3 Å². The Morgan fingerprint density at radius 3 is 2.91 bits per heavy atom. The van der Waals surface area contributed by atoms with Gasteiger partial charge in [-0.05, 0) is 31.0 Å². The van der Waals surface area contributed by atoms with Gasteiger partial charge in [-0.2, -0.15) is 0 Å². The Kier molecular flexibility index (Phi) is 6.80. The minimum atomic E-state index is -0.415. The van der Waals surface area contributed by atoms with E-state index < -0.39 is 5.91 Å². The number of primary amides is 1. The molecule has 3 N–H and O–H groups in total. The lowest BCUT2D eigenvalue weighted by Crippen LogP contribution is -2.21. The standard InChI is InChI=1S/C26H27ClN4O3S/c1-16(19-4-2-3-5-20(19)27)34-22-10-23(35-24(22)11-25(28)33)21-12-29-26-7-6-17(14-31(21)26)13-30-9-8-18(32)15-30/h2-7,10,12,14,16,18,32H,8-9,11,13,15H2,1H3,(H2,28,33)/t16?,18-/m0/s1. The van der Waals surface area contributed by atoms with Gasteiger partial charge in [-0.15, -0.1) is 11.3 Å². The number of aromatic nitrogens is 2. The number of imidazole rings is 1. The molecular formula is C26H27ClN4O3S. The third-order valence-corrected chi connectivity index (χ3v) is 7.71. The van der Waals surface area contributed by atoms with Gasteiger partial charge in [-0.25, -0.2) is 4.98 Å². The summed E-state index contributed by atoms with van der Waals surface area (Å²) in [6.45, 7) is 4.29. The van der Waals surface area contributed by atoms with Crippen LogP contribution in [0.25, 0.3) is 16.2 Å². The number of nitrogens with zero attached hydrogens (tertiary/aromatic N) is 3.